The zero-order valence-corrected chi connectivity index (χ0v) is 8.61. The summed E-state index contributed by atoms with van der Waals surface area (Å²) in [6.07, 6.45) is -5.45. The number of ether oxygens (including phenoxy) is 1. The topological polar surface area (TPSA) is 151 Å². The number of hydrogen-bond donors (Lipinski definition) is 4. The van der Waals surface area contributed by atoms with Crippen LogP contribution in [0.15, 0.2) is 0 Å². The zero-order valence-electron chi connectivity index (χ0n) is 7.72. The Morgan fingerprint density at radius 2 is 2.00 bits per heavy atom. The molecular weight excluding hydrogens is 247 g/mol. The van der Waals surface area contributed by atoms with Crippen molar-refractivity contribution in [2.45, 2.75) is 18.3 Å². The average molecular weight is 256 g/mol. The number of aliphatic hydroxyl groups is 2. The lowest BCUT2D eigenvalue weighted by Crippen LogP contribution is -2.38. The maximum absolute atomic E-state index is 11.2. The Morgan fingerprint density at radius 1 is 1.44 bits per heavy atom. The van der Waals surface area contributed by atoms with Crippen LogP contribution in [0.1, 0.15) is 0 Å². The number of phosphoric acid groups is 1. The third-order valence-corrected chi connectivity index (χ3v) is 2.35. The van der Waals surface area contributed by atoms with Gasteiger partial charge >= 0.3 is 13.8 Å². The number of phosphoric ester groups is 1. The van der Waals surface area contributed by atoms with Crippen LogP contribution in [-0.4, -0.2) is 56.7 Å². The Labute approximate surface area is 88.8 Å². The van der Waals surface area contributed by atoms with E-state index in [9.17, 15) is 14.2 Å². The first-order valence-electron chi connectivity index (χ1n) is 4.03. The van der Waals surface area contributed by atoms with Gasteiger partial charge in [0.1, 0.15) is 6.10 Å². The minimum atomic E-state index is -4.94. The predicted octanol–water partition coefficient (Wildman–Crippen LogP) is -2.69. The molecule has 4 N–H and O–H groups in total. The maximum Gasteiger partial charge on any atom is 0.470 e. The molecule has 92 valence electrons. The molecule has 0 spiro atoms. The number of esters is 1. The Balaban J connectivity index is 2.79. The van der Waals surface area contributed by atoms with Crippen molar-refractivity contribution in [1.82, 2.24) is 0 Å². The molecule has 16 heavy (non-hydrogen) atoms. The molecule has 9 nitrogen and oxygen atoms in total. The number of hydrogen-bond acceptors (Lipinski definition) is 7. The summed E-state index contributed by atoms with van der Waals surface area (Å²) in [5.74, 6) is -2.36. The fourth-order valence-corrected chi connectivity index (χ4v) is 1.67. The highest BCUT2D eigenvalue weighted by atomic mass is 31.2. The second kappa shape index (κ2) is 4.58. The van der Waals surface area contributed by atoms with Crippen LogP contribution in [0.4, 0.5) is 0 Å². The normalized spacial score (nSPS) is 28.0. The summed E-state index contributed by atoms with van der Waals surface area (Å²) in [6, 6.07) is 0. The van der Waals surface area contributed by atoms with Gasteiger partial charge in [0.25, 0.3) is 0 Å². The van der Waals surface area contributed by atoms with E-state index in [0.717, 1.165) is 0 Å². The monoisotopic (exact) mass is 256 g/mol. The number of ketones is 1. The van der Waals surface area contributed by atoms with Crippen molar-refractivity contribution < 1.29 is 43.4 Å². The SMILES string of the molecule is O=C1OC(C(CO)OP(=O)(O)O)C(=O)C1O. The molecule has 0 aliphatic carbocycles. The molecule has 1 aliphatic heterocycles. The average Bonchev–Trinajstić information content (AvgIpc) is 2.41. The van der Waals surface area contributed by atoms with Crippen LogP contribution in [0.25, 0.3) is 0 Å². The highest BCUT2D eigenvalue weighted by Crippen LogP contribution is 2.39. The molecule has 0 aromatic carbocycles. The number of carbonyl (C=O) groups is 2. The second-order valence-electron chi connectivity index (χ2n) is 2.98. The van der Waals surface area contributed by atoms with Crippen LogP contribution >= 0.6 is 7.82 Å². The van der Waals surface area contributed by atoms with Gasteiger partial charge in [0.15, 0.2) is 6.10 Å². The van der Waals surface area contributed by atoms with Gasteiger partial charge in [-0.25, -0.2) is 9.36 Å². The minimum Gasteiger partial charge on any atom is -0.449 e. The Hall–Kier alpha value is -0.830. The second-order valence-corrected chi connectivity index (χ2v) is 4.17. The van der Waals surface area contributed by atoms with Crippen LogP contribution in [0.2, 0.25) is 0 Å². The molecule has 1 fully saturated rings. The summed E-state index contributed by atoms with van der Waals surface area (Å²) in [5.41, 5.74) is 0. The van der Waals surface area contributed by atoms with E-state index in [1.807, 2.05) is 0 Å². The highest BCUT2D eigenvalue weighted by Gasteiger charge is 2.48. The Morgan fingerprint density at radius 3 is 2.31 bits per heavy atom. The first-order chi connectivity index (χ1) is 7.26. The lowest BCUT2D eigenvalue weighted by atomic mass is 10.1. The standard InChI is InChI=1S/C6H9O9P/c7-1-2(15-16(11,12)13)5-3(8)4(9)6(10)14-5/h2,4-5,7,9H,1H2,(H2,11,12,13). The van der Waals surface area contributed by atoms with Crippen LogP contribution in [0.3, 0.4) is 0 Å². The van der Waals surface area contributed by atoms with Crippen molar-refractivity contribution in [3.63, 3.8) is 0 Å². The number of cyclic esters (lactones) is 1. The van der Waals surface area contributed by atoms with Crippen molar-refractivity contribution in [2.24, 2.45) is 0 Å². The molecular formula is C6H9O9P. The molecule has 0 saturated carbocycles. The van der Waals surface area contributed by atoms with Gasteiger partial charge in [0.05, 0.1) is 6.61 Å². The quantitative estimate of drug-likeness (QED) is 0.239. The largest absolute Gasteiger partial charge is 0.470 e. The molecule has 0 aromatic rings. The van der Waals surface area contributed by atoms with Gasteiger partial charge in [-0.2, -0.15) is 0 Å². The van der Waals surface area contributed by atoms with Crippen molar-refractivity contribution in [2.75, 3.05) is 6.61 Å². The first-order valence-corrected chi connectivity index (χ1v) is 5.56. The zero-order chi connectivity index (χ0) is 12.5. The first kappa shape index (κ1) is 13.2. The van der Waals surface area contributed by atoms with Gasteiger partial charge in [-0.15, -0.1) is 0 Å². The summed E-state index contributed by atoms with van der Waals surface area (Å²) < 4.78 is 18.8. The fraction of sp³-hybridized carbons (Fsp3) is 0.667. The van der Waals surface area contributed by atoms with Crippen molar-refractivity contribution >= 4 is 19.6 Å². The summed E-state index contributed by atoms with van der Waals surface area (Å²) in [6.45, 7) is -0.957. The molecule has 0 aromatic heterocycles. The molecule has 1 heterocycles. The van der Waals surface area contributed by atoms with E-state index in [-0.39, 0.29) is 0 Å². The predicted molar refractivity (Wildman–Crippen MR) is 44.9 cm³/mol. The number of carbonyl (C=O) groups excluding carboxylic acids is 2. The molecule has 1 rings (SSSR count). The van der Waals surface area contributed by atoms with E-state index < -0.39 is 44.5 Å². The van der Waals surface area contributed by atoms with E-state index in [4.69, 9.17) is 20.0 Å². The molecule has 0 bridgehead atoms. The molecule has 0 amide bonds. The van der Waals surface area contributed by atoms with Crippen molar-refractivity contribution in [1.29, 1.82) is 0 Å². The lowest BCUT2D eigenvalue weighted by Gasteiger charge is -2.19. The van der Waals surface area contributed by atoms with E-state index >= 15 is 0 Å². The number of aliphatic hydroxyl groups excluding tert-OH is 2. The van der Waals surface area contributed by atoms with Gasteiger partial charge in [0, 0.05) is 0 Å². The Bertz CT molecular complexity index is 346. The van der Waals surface area contributed by atoms with E-state index in [1.54, 1.807) is 0 Å². The molecule has 10 heteroatoms. The molecule has 0 radical (unpaired) electrons. The molecule has 3 unspecified atom stereocenters. The molecule has 1 saturated heterocycles. The van der Waals surface area contributed by atoms with Crippen LogP contribution < -0.4 is 0 Å². The van der Waals surface area contributed by atoms with Gasteiger partial charge in [-0.3, -0.25) is 9.32 Å². The number of rotatable bonds is 4. The smallest absolute Gasteiger partial charge is 0.449 e. The van der Waals surface area contributed by atoms with E-state index in [0.29, 0.717) is 0 Å². The minimum absolute atomic E-state index is 0.957. The summed E-state index contributed by atoms with van der Waals surface area (Å²) in [4.78, 5) is 38.8. The number of Topliss-reactive ketones (excluding diaryl/α,β-unsaturated/α-hetero) is 1. The summed E-state index contributed by atoms with van der Waals surface area (Å²) in [7, 11) is -4.94. The maximum atomic E-state index is 11.2. The molecule has 1 aliphatic rings. The third kappa shape index (κ3) is 2.85. The van der Waals surface area contributed by atoms with Gasteiger partial charge in [-0.05, 0) is 0 Å². The van der Waals surface area contributed by atoms with Crippen molar-refractivity contribution in [3.8, 4) is 0 Å². The van der Waals surface area contributed by atoms with Crippen molar-refractivity contribution in [3.05, 3.63) is 0 Å². The van der Waals surface area contributed by atoms with E-state index in [2.05, 4.69) is 9.26 Å². The lowest BCUT2D eigenvalue weighted by molar-refractivity contribution is -0.151. The van der Waals surface area contributed by atoms with Crippen LogP contribution in [-0.2, 0) is 23.4 Å². The third-order valence-electron chi connectivity index (χ3n) is 1.81. The summed E-state index contributed by atoms with van der Waals surface area (Å²) >= 11 is 0. The van der Waals surface area contributed by atoms with Crippen LogP contribution in [0.5, 0.6) is 0 Å². The Kier molecular flexibility index (Phi) is 3.79. The fourth-order valence-electron chi connectivity index (χ4n) is 1.14. The highest BCUT2D eigenvalue weighted by molar-refractivity contribution is 7.46. The van der Waals surface area contributed by atoms with Gasteiger partial charge in [-0.1, -0.05) is 0 Å². The summed E-state index contributed by atoms with van der Waals surface area (Å²) in [5, 5.41) is 17.7. The van der Waals surface area contributed by atoms with Gasteiger partial charge < -0.3 is 24.7 Å². The van der Waals surface area contributed by atoms with Gasteiger partial charge in [0.2, 0.25) is 11.9 Å². The van der Waals surface area contributed by atoms with E-state index in [1.165, 1.54) is 0 Å². The van der Waals surface area contributed by atoms with Crippen LogP contribution in [0, 0.1) is 0 Å². The molecule has 3 atom stereocenters.